The second kappa shape index (κ2) is 6.87. The minimum atomic E-state index is -0.380. The first kappa shape index (κ1) is 16.9. The normalized spacial score (nSPS) is 11.5. The van der Waals surface area contributed by atoms with Gasteiger partial charge in [-0.05, 0) is 27.8 Å². The van der Waals surface area contributed by atoms with Crippen molar-refractivity contribution < 1.29 is 9.53 Å². The van der Waals surface area contributed by atoms with Crippen molar-refractivity contribution in [2.75, 3.05) is 0 Å². The van der Waals surface area contributed by atoms with E-state index in [0.717, 1.165) is 16.1 Å². The van der Waals surface area contributed by atoms with E-state index < -0.39 is 0 Å². The summed E-state index contributed by atoms with van der Waals surface area (Å²) in [6.07, 6.45) is 0. The van der Waals surface area contributed by atoms with Gasteiger partial charge in [-0.1, -0.05) is 45.0 Å². The molecule has 3 rings (SSSR count). The molecule has 1 aromatic carbocycles. The van der Waals surface area contributed by atoms with Gasteiger partial charge in [0.05, 0.1) is 0 Å². The van der Waals surface area contributed by atoms with Gasteiger partial charge in [0.25, 0.3) is 0 Å². The van der Waals surface area contributed by atoms with Gasteiger partial charge in [-0.2, -0.15) is 11.3 Å². The van der Waals surface area contributed by atoms with Crippen LogP contribution in [0.2, 0.25) is 0 Å². The fourth-order valence-corrected chi connectivity index (χ4v) is 3.66. The average molecular weight is 357 g/mol. The molecule has 3 aromatic rings. The number of hydrogen-bond acceptors (Lipinski definition) is 5. The molecule has 24 heavy (non-hydrogen) atoms. The zero-order chi connectivity index (χ0) is 17.2. The summed E-state index contributed by atoms with van der Waals surface area (Å²) >= 11 is 3.04. The minimum absolute atomic E-state index is 0.123. The Hall–Kier alpha value is -1.98. The second-order valence-electron chi connectivity index (χ2n) is 6.57. The summed E-state index contributed by atoms with van der Waals surface area (Å²) in [5.41, 5.74) is 3.78. The lowest BCUT2D eigenvalue weighted by Gasteiger charge is -2.18. The van der Waals surface area contributed by atoms with Crippen molar-refractivity contribution in [1.29, 1.82) is 0 Å². The Kier molecular flexibility index (Phi) is 4.83. The van der Waals surface area contributed by atoms with E-state index >= 15 is 0 Å². The number of thiophene rings is 1. The van der Waals surface area contributed by atoms with Gasteiger partial charge in [0.15, 0.2) is 5.69 Å². The Morgan fingerprint density at radius 3 is 2.50 bits per heavy atom. The van der Waals surface area contributed by atoms with E-state index in [9.17, 15) is 4.79 Å². The van der Waals surface area contributed by atoms with Crippen LogP contribution in [0, 0.1) is 0 Å². The molecular formula is C19H19NO2S2. The lowest BCUT2D eigenvalue weighted by molar-refractivity contribution is 0.0467. The molecule has 0 amide bonds. The number of esters is 1. The highest BCUT2D eigenvalue weighted by Crippen LogP contribution is 2.28. The van der Waals surface area contributed by atoms with Crippen LogP contribution >= 0.6 is 22.7 Å². The zero-order valence-corrected chi connectivity index (χ0v) is 15.5. The molecule has 0 bridgehead atoms. The molecule has 124 valence electrons. The molecule has 0 fully saturated rings. The maximum atomic E-state index is 12.1. The first-order chi connectivity index (χ1) is 11.4. The van der Waals surface area contributed by atoms with Crippen molar-refractivity contribution in [2.45, 2.75) is 32.8 Å². The highest BCUT2D eigenvalue weighted by atomic mass is 32.1. The molecule has 0 unspecified atom stereocenters. The monoisotopic (exact) mass is 357 g/mol. The van der Waals surface area contributed by atoms with Crippen LogP contribution in [0.4, 0.5) is 0 Å². The van der Waals surface area contributed by atoms with Gasteiger partial charge in [0.2, 0.25) is 0 Å². The molecule has 0 aliphatic heterocycles. The predicted octanol–water partition coefficient (Wildman–Crippen LogP) is 5.53. The largest absolute Gasteiger partial charge is 0.456 e. The van der Waals surface area contributed by atoms with Gasteiger partial charge < -0.3 is 4.74 Å². The molecule has 0 N–H and O–H groups in total. The fourth-order valence-electron chi connectivity index (χ4n) is 2.21. The average Bonchev–Trinajstić information content (AvgIpc) is 3.23. The van der Waals surface area contributed by atoms with E-state index in [-0.39, 0.29) is 18.0 Å². The van der Waals surface area contributed by atoms with E-state index in [0.29, 0.717) is 5.69 Å². The third-order valence-corrected chi connectivity index (χ3v) is 5.28. The van der Waals surface area contributed by atoms with Crippen molar-refractivity contribution in [2.24, 2.45) is 0 Å². The Morgan fingerprint density at radius 1 is 1.12 bits per heavy atom. The molecule has 3 nitrogen and oxygen atoms in total. The SMILES string of the molecule is CC(C)(C)c1ccc(-c2nc(C(=O)OCc3ccsc3)cs2)cc1. The van der Waals surface area contributed by atoms with Crippen LogP contribution in [0.5, 0.6) is 0 Å². The molecule has 0 spiro atoms. The first-order valence-electron chi connectivity index (χ1n) is 7.68. The Bertz CT molecular complexity index is 812. The van der Waals surface area contributed by atoms with Crippen LogP contribution in [0.1, 0.15) is 42.4 Å². The highest BCUT2D eigenvalue weighted by Gasteiger charge is 2.16. The Labute approximate surface area is 150 Å². The van der Waals surface area contributed by atoms with Gasteiger partial charge in [-0.15, -0.1) is 11.3 Å². The van der Waals surface area contributed by atoms with Crippen LogP contribution < -0.4 is 0 Å². The molecule has 5 heteroatoms. The molecule has 0 radical (unpaired) electrons. The van der Waals surface area contributed by atoms with Gasteiger partial charge in [-0.25, -0.2) is 9.78 Å². The fraction of sp³-hybridized carbons (Fsp3) is 0.263. The third-order valence-electron chi connectivity index (χ3n) is 3.66. The predicted molar refractivity (Wildman–Crippen MR) is 99.7 cm³/mol. The third kappa shape index (κ3) is 3.91. The summed E-state index contributed by atoms with van der Waals surface area (Å²) in [5.74, 6) is -0.380. The quantitative estimate of drug-likeness (QED) is 0.577. The molecular weight excluding hydrogens is 338 g/mol. The molecule has 0 aliphatic carbocycles. The van der Waals surface area contributed by atoms with Crippen LogP contribution in [-0.2, 0) is 16.8 Å². The molecule has 0 saturated carbocycles. The Morgan fingerprint density at radius 2 is 1.88 bits per heavy atom. The summed E-state index contributed by atoms with van der Waals surface area (Å²) in [6, 6.07) is 10.3. The molecule has 2 aromatic heterocycles. The number of carbonyl (C=O) groups is 1. The van der Waals surface area contributed by atoms with Crippen molar-refractivity contribution in [3.63, 3.8) is 0 Å². The van der Waals surface area contributed by atoms with Gasteiger partial charge >= 0.3 is 5.97 Å². The summed E-state index contributed by atoms with van der Waals surface area (Å²) in [6.45, 7) is 6.85. The topological polar surface area (TPSA) is 39.2 Å². The van der Waals surface area contributed by atoms with E-state index in [4.69, 9.17) is 4.74 Å². The maximum absolute atomic E-state index is 12.1. The van der Waals surface area contributed by atoms with Crippen LogP contribution in [0.25, 0.3) is 10.6 Å². The molecule has 0 aliphatic rings. The number of rotatable bonds is 4. The van der Waals surface area contributed by atoms with Gasteiger partial charge in [0.1, 0.15) is 11.6 Å². The number of ether oxygens (including phenoxy) is 1. The zero-order valence-electron chi connectivity index (χ0n) is 13.9. The standard InChI is InChI=1S/C19H19NO2S2/c1-19(2,3)15-6-4-14(5-7-15)17-20-16(12-24-17)18(21)22-10-13-8-9-23-11-13/h4-9,11-12H,10H2,1-3H3. The number of hydrogen-bond donors (Lipinski definition) is 0. The van der Waals surface area contributed by atoms with Gasteiger partial charge in [0, 0.05) is 16.5 Å². The molecule has 0 atom stereocenters. The van der Waals surface area contributed by atoms with Gasteiger partial charge in [-0.3, -0.25) is 0 Å². The van der Waals surface area contributed by atoms with Crippen LogP contribution in [0.3, 0.4) is 0 Å². The van der Waals surface area contributed by atoms with Crippen LogP contribution in [0.15, 0.2) is 46.5 Å². The van der Waals surface area contributed by atoms with Crippen molar-refractivity contribution >= 4 is 28.6 Å². The minimum Gasteiger partial charge on any atom is -0.456 e. The van der Waals surface area contributed by atoms with Crippen LogP contribution in [-0.4, -0.2) is 11.0 Å². The van der Waals surface area contributed by atoms with E-state index in [1.54, 1.807) is 16.7 Å². The Balaban J connectivity index is 1.69. The van der Waals surface area contributed by atoms with E-state index in [2.05, 4.69) is 50.0 Å². The number of nitrogens with zero attached hydrogens (tertiary/aromatic N) is 1. The van der Waals surface area contributed by atoms with Crippen molar-refractivity contribution in [3.05, 3.63) is 63.3 Å². The second-order valence-corrected chi connectivity index (χ2v) is 8.21. The number of thiazole rings is 1. The lowest BCUT2D eigenvalue weighted by Crippen LogP contribution is -2.10. The van der Waals surface area contributed by atoms with E-state index in [1.165, 1.54) is 16.9 Å². The summed E-state index contributed by atoms with van der Waals surface area (Å²) in [7, 11) is 0. The summed E-state index contributed by atoms with van der Waals surface area (Å²) in [5, 5.41) is 6.52. The highest BCUT2D eigenvalue weighted by molar-refractivity contribution is 7.13. The number of benzene rings is 1. The smallest absolute Gasteiger partial charge is 0.358 e. The summed E-state index contributed by atoms with van der Waals surface area (Å²) in [4.78, 5) is 16.5. The van der Waals surface area contributed by atoms with Crippen molar-refractivity contribution in [3.8, 4) is 10.6 Å². The van der Waals surface area contributed by atoms with Crippen molar-refractivity contribution in [1.82, 2.24) is 4.98 Å². The number of aromatic nitrogens is 1. The lowest BCUT2D eigenvalue weighted by atomic mass is 9.87. The maximum Gasteiger partial charge on any atom is 0.358 e. The molecule has 2 heterocycles. The summed E-state index contributed by atoms with van der Waals surface area (Å²) < 4.78 is 5.30. The number of carbonyl (C=O) groups excluding carboxylic acids is 1. The van der Waals surface area contributed by atoms with E-state index in [1.807, 2.05) is 16.8 Å². The first-order valence-corrected chi connectivity index (χ1v) is 9.50. The molecule has 0 saturated heterocycles.